The van der Waals surface area contributed by atoms with Crippen LogP contribution in [0.15, 0.2) is 6.20 Å². The molecule has 0 amide bonds. The van der Waals surface area contributed by atoms with Gasteiger partial charge in [-0.25, -0.2) is 4.98 Å². The number of rotatable bonds is 0. The SMILES string of the molecule is OC1CCCn2cc(C(F)(F)F)nc21. The van der Waals surface area contributed by atoms with Gasteiger partial charge in [0.2, 0.25) is 0 Å². The molecule has 0 radical (unpaired) electrons. The molecule has 2 heterocycles. The number of aliphatic hydroxyl groups excluding tert-OH is 1. The lowest BCUT2D eigenvalue weighted by Crippen LogP contribution is -2.14. The topological polar surface area (TPSA) is 38.0 Å². The van der Waals surface area contributed by atoms with Crippen molar-refractivity contribution in [1.29, 1.82) is 0 Å². The normalized spacial score (nSPS) is 22.1. The van der Waals surface area contributed by atoms with E-state index in [1.807, 2.05) is 0 Å². The summed E-state index contributed by atoms with van der Waals surface area (Å²) in [4.78, 5) is 3.39. The van der Waals surface area contributed by atoms with Crippen molar-refractivity contribution >= 4 is 0 Å². The number of hydrogen-bond donors (Lipinski definition) is 1. The Hall–Kier alpha value is -1.04. The minimum atomic E-state index is -4.43. The monoisotopic (exact) mass is 206 g/mol. The summed E-state index contributed by atoms with van der Waals surface area (Å²) < 4.78 is 38.1. The van der Waals surface area contributed by atoms with E-state index in [0.29, 0.717) is 19.4 Å². The molecule has 0 saturated heterocycles. The summed E-state index contributed by atoms with van der Waals surface area (Å²) >= 11 is 0. The lowest BCUT2D eigenvalue weighted by Gasteiger charge is -2.18. The average molecular weight is 206 g/mol. The zero-order valence-corrected chi connectivity index (χ0v) is 7.25. The van der Waals surface area contributed by atoms with E-state index in [2.05, 4.69) is 4.98 Å². The van der Waals surface area contributed by atoms with Crippen molar-refractivity contribution in [3.05, 3.63) is 17.7 Å². The number of aryl methyl sites for hydroxylation is 1. The highest BCUT2D eigenvalue weighted by Crippen LogP contribution is 2.32. The van der Waals surface area contributed by atoms with Crippen LogP contribution in [0, 0.1) is 0 Å². The Morgan fingerprint density at radius 2 is 2.21 bits per heavy atom. The van der Waals surface area contributed by atoms with Crippen LogP contribution >= 0.6 is 0 Å². The maximum absolute atomic E-state index is 12.2. The van der Waals surface area contributed by atoms with E-state index in [1.165, 1.54) is 4.57 Å². The van der Waals surface area contributed by atoms with Crippen molar-refractivity contribution in [3.8, 4) is 0 Å². The lowest BCUT2D eigenvalue weighted by atomic mass is 10.1. The van der Waals surface area contributed by atoms with Gasteiger partial charge in [-0.05, 0) is 12.8 Å². The van der Waals surface area contributed by atoms with Crippen LogP contribution in [-0.4, -0.2) is 14.7 Å². The Morgan fingerprint density at radius 3 is 2.79 bits per heavy atom. The summed E-state index contributed by atoms with van der Waals surface area (Å²) in [6.07, 6.45) is -3.17. The van der Waals surface area contributed by atoms with Gasteiger partial charge in [-0.3, -0.25) is 0 Å². The summed E-state index contributed by atoms with van der Waals surface area (Å²) in [5.74, 6) is 0.128. The van der Waals surface area contributed by atoms with Crippen molar-refractivity contribution < 1.29 is 18.3 Å². The van der Waals surface area contributed by atoms with E-state index in [0.717, 1.165) is 6.20 Å². The summed E-state index contributed by atoms with van der Waals surface area (Å²) in [7, 11) is 0. The third-order valence-corrected chi connectivity index (χ3v) is 2.27. The minimum Gasteiger partial charge on any atom is -0.385 e. The largest absolute Gasteiger partial charge is 0.434 e. The molecule has 14 heavy (non-hydrogen) atoms. The second kappa shape index (κ2) is 2.98. The molecule has 0 aliphatic carbocycles. The first-order chi connectivity index (χ1) is 6.48. The second-order valence-electron chi connectivity index (χ2n) is 3.33. The number of halogens is 3. The molecule has 1 aromatic heterocycles. The first-order valence-corrected chi connectivity index (χ1v) is 4.31. The van der Waals surface area contributed by atoms with Gasteiger partial charge in [-0.15, -0.1) is 0 Å². The number of imidazole rings is 1. The third kappa shape index (κ3) is 1.50. The molecule has 0 spiro atoms. The number of hydrogen-bond acceptors (Lipinski definition) is 2. The molecule has 3 nitrogen and oxygen atoms in total. The smallest absolute Gasteiger partial charge is 0.385 e. The van der Waals surface area contributed by atoms with Crippen LogP contribution in [0.5, 0.6) is 0 Å². The van der Waals surface area contributed by atoms with Gasteiger partial charge in [-0.2, -0.15) is 13.2 Å². The lowest BCUT2D eigenvalue weighted by molar-refractivity contribution is -0.141. The van der Waals surface area contributed by atoms with Crippen molar-refractivity contribution in [3.63, 3.8) is 0 Å². The van der Waals surface area contributed by atoms with Gasteiger partial charge < -0.3 is 9.67 Å². The second-order valence-corrected chi connectivity index (χ2v) is 3.33. The van der Waals surface area contributed by atoms with E-state index >= 15 is 0 Å². The predicted octanol–water partition coefficient (Wildman–Crippen LogP) is 1.73. The Labute approximate surface area is 78.2 Å². The first kappa shape index (κ1) is 9.51. The van der Waals surface area contributed by atoms with Crippen molar-refractivity contribution in [2.24, 2.45) is 0 Å². The van der Waals surface area contributed by atoms with Crippen LogP contribution in [0.2, 0.25) is 0 Å². The van der Waals surface area contributed by atoms with Gasteiger partial charge in [0.25, 0.3) is 0 Å². The van der Waals surface area contributed by atoms with Gasteiger partial charge in [0, 0.05) is 12.7 Å². The van der Waals surface area contributed by atoms with E-state index in [-0.39, 0.29) is 5.82 Å². The molecule has 2 rings (SSSR count). The first-order valence-electron chi connectivity index (χ1n) is 4.31. The molecule has 1 aromatic rings. The molecule has 1 unspecified atom stereocenters. The summed E-state index contributed by atoms with van der Waals surface area (Å²) in [5, 5.41) is 9.39. The molecular formula is C8H9F3N2O. The van der Waals surface area contributed by atoms with Gasteiger partial charge in [0.1, 0.15) is 11.9 Å². The molecule has 0 bridgehead atoms. The fourth-order valence-electron chi connectivity index (χ4n) is 1.60. The molecule has 1 aliphatic rings. The summed E-state index contributed by atoms with van der Waals surface area (Å²) in [6, 6.07) is 0. The van der Waals surface area contributed by atoms with Crippen LogP contribution < -0.4 is 0 Å². The van der Waals surface area contributed by atoms with E-state index in [4.69, 9.17) is 0 Å². The molecule has 78 valence electrons. The van der Waals surface area contributed by atoms with E-state index < -0.39 is 18.0 Å². The number of aliphatic hydroxyl groups is 1. The Bertz CT molecular complexity index is 345. The summed E-state index contributed by atoms with van der Waals surface area (Å²) in [6.45, 7) is 0.496. The molecule has 1 atom stereocenters. The Balaban J connectivity index is 2.40. The van der Waals surface area contributed by atoms with Crippen LogP contribution in [0.3, 0.4) is 0 Å². The van der Waals surface area contributed by atoms with Crippen LogP contribution in [0.25, 0.3) is 0 Å². The van der Waals surface area contributed by atoms with Gasteiger partial charge in [0.15, 0.2) is 5.69 Å². The van der Waals surface area contributed by atoms with Gasteiger partial charge in [-0.1, -0.05) is 0 Å². The summed E-state index contributed by atoms with van der Waals surface area (Å²) in [5.41, 5.74) is -0.923. The van der Waals surface area contributed by atoms with E-state index in [1.54, 1.807) is 0 Å². The fraction of sp³-hybridized carbons (Fsp3) is 0.625. The molecule has 1 aliphatic heterocycles. The minimum absolute atomic E-state index is 0.128. The van der Waals surface area contributed by atoms with Gasteiger partial charge >= 0.3 is 6.18 Å². The standard InChI is InChI=1S/C8H9F3N2O/c9-8(10,11)6-4-13-3-1-2-5(14)7(13)12-6/h4-5,14H,1-3H2. The third-order valence-electron chi connectivity index (χ3n) is 2.27. The van der Waals surface area contributed by atoms with Crippen LogP contribution in [-0.2, 0) is 12.7 Å². The zero-order valence-electron chi connectivity index (χ0n) is 7.25. The molecule has 0 fully saturated rings. The molecule has 0 aromatic carbocycles. The average Bonchev–Trinajstić information content (AvgIpc) is 2.48. The number of alkyl halides is 3. The van der Waals surface area contributed by atoms with Crippen molar-refractivity contribution in [2.75, 3.05) is 0 Å². The number of aromatic nitrogens is 2. The maximum atomic E-state index is 12.2. The molecule has 0 saturated carbocycles. The van der Waals surface area contributed by atoms with Crippen molar-refractivity contribution in [2.45, 2.75) is 31.7 Å². The van der Waals surface area contributed by atoms with Gasteiger partial charge in [0.05, 0.1) is 0 Å². The number of nitrogens with zero attached hydrogens (tertiary/aromatic N) is 2. The number of fused-ring (bicyclic) bond motifs is 1. The highest BCUT2D eigenvalue weighted by Gasteiger charge is 2.36. The van der Waals surface area contributed by atoms with E-state index in [9.17, 15) is 18.3 Å². The highest BCUT2D eigenvalue weighted by molar-refractivity contribution is 5.10. The Morgan fingerprint density at radius 1 is 1.50 bits per heavy atom. The maximum Gasteiger partial charge on any atom is 0.434 e. The predicted molar refractivity (Wildman–Crippen MR) is 41.4 cm³/mol. The Kier molecular flexibility index (Phi) is 2.02. The quantitative estimate of drug-likeness (QED) is 0.702. The van der Waals surface area contributed by atoms with Crippen molar-refractivity contribution in [1.82, 2.24) is 9.55 Å². The molecule has 1 N–H and O–H groups in total. The molecule has 6 heteroatoms. The zero-order chi connectivity index (χ0) is 10.3. The van der Waals surface area contributed by atoms with Crippen LogP contribution in [0.1, 0.15) is 30.5 Å². The van der Waals surface area contributed by atoms with Crippen LogP contribution in [0.4, 0.5) is 13.2 Å². The highest BCUT2D eigenvalue weighted by atomic mass is 19.4. The fourth-order valence-corrected chi connectivity index (χ4v) is 1.60. The molecular weight excluding hydrogens is 197 g/mol.